The molecule has 0 radical (unpaired) electrons. The molecule has 0 unspecified atom stereocenters. The van der Waals surface area contributed by atoms with Crippen molar-refractivity contribution < 1.29 is 29.7 Å². The number of aryl methyl sites for hydroxylation is 1. The Morgan fingerprint density at radius 2 is 1.57 bits per heavy atom. The van der Waals surface area contributed by atoms with Crippen LogP contribution in [0.4, 0.5) is 0 Å². The molecule has 1 aromatic carbocycles. The van der Waals surface area contributed by atoms with Crippen LogP contribution in [0.15, 0.2) is 12.1 Å². The minimum Gasteiger partial charge on any atom is -0.549 e. The molecular weight excluding hydrogens is 300 g/mol. The molecule has 0 aromatic heterocycles. The van der Waals surface area contributed by atoms with Gasteiger partial charge in [-0.1, -0.05) is 26.0 Å². The monoisotopic (exact) mass is 320 g/mol. The highest BCUT2D eigenvalue weighted by Gasteiger charge is 2.33. The molecule has 0 saturated carbocycles. The number of aliphatic carboxylic acids is 3. The quantitative estimate of drug-likeness (QED) is 0.650. The van der Waals surface area contributed by atoms with Crippen LogP contribution in [0.3, 0.4) is 0 Å². The second-order valence-electron chi connectivity index (χ2n) is 5.53. The molecule has 0 spiro atoms. The van der Waals surface area contributed by atoms with Crippen LogP contribution < -0.4 is 10.2 Å². The molecule has 0 saturated heterocycles. The van der Waals surface area contributed by atoms with Crippen molar-refractivity contribution in [2.45, 2.75) is 51.9 Å². The fourth-order valence-corrected chi connectivity index (χ4v) is 2.83. The number of carbonyl (C=O) groups excluding carboxylic acids is 2. The minimum absolute atomic E-state index is 0.0479. The maximum Gasteiger partial charge on any atom is 0.303 e. The topological polar surface area (TPSA) is 118 Å². The van der Waals surface area contributed by atoms with E-state index >= 15 is 0 Å². The average molecular weight is 320 g/mol. The summed E-state index contributed by atoms with van der Waals surface area (Å²) in [5, 5.41) is 31.7. The van der Waals surface area contributed by atoms with Gasteiger partial charge in [-0.2, -0.15) is 0 Å². The molecule has 6 nitrogen and oxygen atoms in total. The third kappa shape index (κ3) is 3.52. The first-order valence-electron chi connectivity index (χ1n) is 7.48. The lowest BCUT2D eigenvalue weighted by molar-refractivity contribution is -0.334. The fourth-order valence-electron chi connectivity index (χ4n) is 2.83. The number of carboxylic acid groups (broad SMARTS) is 3. The maximum absolute atomic E-state index is 11.4. The Morgan fingerprint density at radius 3 is 1.96 bits per heavy atom. The van der Waals surface area contributed by atoms with Crippen LogP contribution in [0.25, 0.3) is 0 Å². The Labute approximate surface area is 134 Å². The van der Waals surface area contributed by atoms with E-state index in [1.54, 1.807) is 13.0 Å². The van der Waals surface area contributed by atoms with Gasteiger partial charge in [-0.15, -0.1) is 0 Å². The van der Waals surface area contributed by atoms with Crippen molar-refractivity contribution >= 4 is 17.9 Å². The molecule has 0 heterocycles. The molecule has 0 aliphatic rings. The second kappa shape index (κ2) is 7.26. The van der Waals surface area contributed by atoms with Crippen LogP contribution in [0.5, 0.6) is 0 Å². The summed E-state index contributed by atoms with van der Waals surface area (Å²) in [5.74, 6) is -4.39. The van der Waals surface area contributed by atoms with E-state index in [0.717, 1.165) is 18.1 Å². The highest BCUT2D eigenvalue weighted by atomic mass is 16.4. The summed E-state index contributed by atoms with van der Waals surface area (Å²) in [6.07, 6.45) is 1.23. The number of benzene rings is 1. The Kier molecular flexibility index (Phi) is 5.90. The van der Waals surface area contributed by atoms with Gasteiger partial charge in [0.15, 0.2) is 0 Å². The Balaban J connectivity index is 3.55. The van der Waals surface area contributed by atoms with Gasteiger partial charge < -0.3 is 24.9 Å². The zero-order chi connectivity index (χ0) is 17.8. The van der Waals surface area contributed by atoms with Crippen LogP contribution in [0.2, 0.25) is 0 Å². The molecule has 6 heteroatoms. The van der Waals surface area contributed by atoms with Crippen LogP contribution in [0, 0.1) is 0 Å². The number of hydrogen-bond donors (Lipinski definition) is 1. The molecule has 1 rings (SSSR count). The highest BCUT2D eigenvalue weighted by Crippen LogP contribution is 2.31. The largest absolute Gasteiger partial charge is 0.549 e. The zero-order valence-electron chi connectivity index (χ0n) is 13.5. The summed E-state index contributed by atoms with van der Waals surface area (Å²) in [7, 11) is 0. The second-order valence-corrected chi connectivity index (χ2v) is 5.53. The summed E-state index contributed by atoms with van der Waals surface area (Å²) in [6.45, 7) is 4.71. The third-order valence-electron chi connectivity index (χ3n) is 4.20. The minimum atomic E-state index is -2.25. The first-order chi connectivity index (χ1) is 10.7. The van der Waals surface area contributed by atoms with E-state index in [1.165, 1.54) is 6.07 Å². The van der Waals surface area contributed by atoms with E-state index in [1.807, 2.05) is 6.92 Å². The number of carboxylic acids is 3. The lowest BCUT2D eigenvalue weighted by Gasteiger charge is -2.35. The SMILES string of the molecule is CCc1c(CCC(=O)O)ccc(C(C)(C(=O)[O-])C(=O)[O-])c1CC. The van der Waals surface area contributed by atoms with Gasteiger partial charge >= 0.3 is 5.97 Å². The van der Waals surface area contributed by atoms with E-state index in [-0.39, 0.29) is 12.0 Å². The van der Waals surface area contributed by atoms with Gasteiger partial charge in [0.05, 0.1) is 17.4 Å². The molecule has 126 valence electrons. The normalized spacial score (nSPS) is 11.3. The summed E-state index contributed by atoms with van der Waals surface area (Å²) in [6, 6.07) is 3.03. The number of rotatable bonds is 8. The number of hydrogen-bond acceptors (Lipinski definition) is 5. The Hall–Kier alpha value is -2.37. The van der Waals surface area contributed by atoms with Crippen molar-refractivity contribution in [2.75, 3.05) is 0 Å². The lowest BCUT2D eigenvalue weighted by Crippen LogP contribution is -2.55. The van der Waals surface area contributed by atoms with Crippen LogP contribution in [-0.4, -0.2) is 23.0 Å². The molecule has 0 atom stereocenters. The summed E-state index contributed by atoms with van der Waals surface area (Å²) < 4.78 is 0. The van der Waals surface area contributed by atoms with Crippen LogP contribution in [-0.2, 0) is 39.1 Å². The molecule has 1 N–H and O–H groups in total. The fraction of sp³-hybridized carbons (Fsp3) is 0.471. The van der Waals surface area contributed by atoms with E-state index < -0.39 is 23.3 Å². The molecule has 0 aliphatic heterocycles. The zero-order valence-corrected chi connectivity index (χ0v) is 13.5. The van der Waals surface area contributed by atoms with Gasteiger partial charge in [-0.05, 0) is 48.4 Å². The van der Waals surface area contributed by atoms with Crippen molar-refractivity contribution in [1.29, 1.82) is 0 Å². The van der Waals surface area contributed by atoms with Gasteiger partial charge in [0.2, 0.25) is 0 Å². The Bertz CT molecular complexity index is 618. The van der Waals surface area contributed by atoms with Crippen LogP contribution in [0.1, 0.15) is 49.4 Å². The van der Waals surface area contributed by atoms with Crippen molar-refractivity contribution in [3.05, 3.63) is 34.4 Å². The van der Waals surface area contributed by atoms with Crippen molar-refractivity contribution in [3.8, 4) is 0 Å². The van der Waals surface area contributed by atoms with E-state index in [0.29, 0.717) is 24.8 Å². The van der Waals surface area contributed by atoms with Crippen molar-refractivity contribution in [3.63, 3.8) is 0 Å². The molecule has 0 bridgehead atoms. The van der Waals surface area contributed by atoms with E-state index in [9.17, 15) is 24.6 Å². The van der Waals surface area contributed by atoms with Crippen molar-refractivity contribution in [2.24, 2.45) is 0 Å². The molecule has 0 fully saturated rings. The molecule has 23 heavy (non-hydrogen) atoms. The van der Waals surface area contributed by atoms with Crippen molar-refractivity contribution in [1.82, 2.24) is 0 Å². The first kappa shape index (κ1) is 18.7. The van der Waals surface area contributed by atoms with E-state index in [4.69, 9.17) is 5.11 Å². The molecule has 0 amide bonds. The smallest absolute Gasteiger partial charge is 0.303 e. The van der Waals surface area contributed by atoms with Gasteiger partial charge in [-0.25, -0.2) is 0 Å². The van der Waals surface area contributed by atoms with Gasteiger partial charge in [0.25, 0.3) is 0 Å². The predicted molar refractivity (Wildman–Crippen MR) is 78.5 cm³/mol. The average Bonchev–Trinajstić information content (AvgIpc) is 2.50. The summed E-state index contributed by atoms with van der Waals surface area (Å²) in [4.78, 5) is 33.6. The molecule has 1 aromatic rings. The summed E-state index contributed by atoms with van der Waals surface area (Å²) in [5.41, 5.74) is 0.0670. The highest BCUT2D eigenvalue weighted by molar-refractivity contribution is 6.02. The van der Waals surface area contributed by atoms with Gasteiger partial charge in [-0.3, -0.25) is 4.79 Å². The molecule has 0 aliphatic carbocycles. The standard InChI is InChI=1S/C17H22O6/c1-4-11-10(7-9-14(18)19)6-8-13(12(11)5-2)17(3,15(20)21)16(22)23/h6,8H,4-5,7,9H2,1-3H3,(H,18,19)(H,20,21)(H,22,23)/p-2. The molecular formula is C17H20O6-2. The lowest BCUT2D eigenvalue weighted by atomic mass is 9.76. The Morgan fingerprint density at radius 1 is 1.04 bits per heavy atom. The third-order valence-corrected chi connectivity index (χ3v) is 4.20. The summed E-state index contributed by atoms with van der Waals surface area (Å²) >= 11 is 0. The van der Waals surface area contributed by atoms with E-state index in [2.05, 4.69) is 0 Å². The maximum atomic E-state index is 11.4. The van der Waals surface area contributed by atoms with Crippen LogP contribution >= 0.6 is 0 Å². The van der Waals surface area contributed by atoms with Gasteiger partial charge in [0.1, 0.15) is 0 Å². The first-order valence-corrected chi connectivity index (χ1v) is 7.48. The number of carbonyl (C=O) groups is 3. The predicted octanol–water partition coefficient (Wildman–Crippen LogP) is -0.414. The van der Waals surface area contributed by atoms with Gasteiger partial charge in [0, 0.05) is 6.42 Å².